The van der Waals surface area contributed by atoms with Gasteiger partial charge in [0.1, 0.15) is 23.9 Å². The number of carboxylic acid groups (broad SMARTS) is 2. The Kier molecular flexibility index (Phi) is 11.2. The van der Waals surface area contributed by atoms with Crippen molar-refractivity contribution < 1.29 is 44.4 Å². The summed E-state index contributed by atoms with van der Waals surface area (Å²) in [5.41, 5.74) is 7.11. The Hall–Kier alpha value is -4.50. The molecule has 15 nitrogen and oxygen atoms in total. The maximum absolute atomic E-state index is 13.2. The number of aliphatic hydroxyl groups is 1. The number of nitrogens with one attached hydrogen (secondary N) is 4. The molecule has 0 fully saturated rings. The third-order valence-corrected chi connectivity index (χ3v) is 5.42. The number of benzene rings is 1. The zero-order valence-corrected chi connectivity index (χ0v) is 20.2. The lowest BCUT2D eigenvalue weighted by Crippen LogP contribution is -2.58. The quantitative estimate of drug-likeness (QED) is 0.117. The third-order valence-electron chi connectivity index (χ3n) is 5.42. The van der Waals surface area contributed by atoms with E-state index in [2.05, 4.69) is 20.6 Å². The maximum Gasteiger partial charge on any atom is 0.328 e. The first kappa shape index (κ1) is 29.7. The molecule has 0 aliphatic rings. The normalized spacial score (nSPS) is 13.9. The number of aromatic hydroxyl groups is 1. The second kappa shape index (κ2) is 14.3. The van der Waals surface area contributed by atoms with Crippen molar-refractivity contribution >= 4 is 29.7 Å². The van der Waals surface area contributed by atoms with E-state index in [9.17, 15) is 34.2 Å². The summed E-state index contributed by atoms with van der Waals surface area (Å²) in [6, 6.07) is 0.513. The Morgan fingerprint density at radius 1 is 0.895 bits per heavy atom. The van der Waals surface area contributed by atoms with Crippen molar-refractivity contribution in [2.24, 2.45) is 5.73 Å². The topological polar surface area (TPSA) is 257 Å². The number of phenols is 1. The van der Waals surface area contributed by atoms with E-state index in [4.69, 9.17) is 15.9 Å². The van der Waals surface area contributed by atoms with Crippen LogP contribution in [0, 0.1) is 0 Å². The number of carbonyl (C=O) groups excluding carboxylic acids is 3. The number of aliphatic hydroxyl groups excluding tert-OH is 1. The van der Waals surface area contributed by atoms with Crippen LogP contribution in [0.5, 0.6) is 5.75 Å². The molecule has 0 bridgehead atoms. The minimum absolute atomic E-state index is 0.0400. The highest BCUT2D eigenvalue weighted by Crippen LogP contribution is 2.11. The Balaban J connectivity index is 2.17. The Morgan fingerprint density at radius 2 is 1.50 bits per heavy atom. The molecular formula is C23H30N6O9. The SMILES string of the molecule is NC(Cc1ccc(O)cc1)C(=O)NC(Cc1cnc[nH]1)C(=O)NC(CCC(=O)O)C(=O)NC(CO)C(=O)O. The molecule has 1 heterocycles. The van der Waals surface area contributed by atoms with Gasteiger partial charge in [0, 0.05) is 24.7 Å². The highest BCUT2D eigenvalue weighted by atomic mass is 16.4. The van der Waals surface area contributed by atoms with Crippen LogP contribution in [0.1, 0.15) is 24.1 Å². The van der Waals surface area contributed by atoms with Crippen molar-refractivity contribution in [3.8, 4) is 5.75 Å². The van der Waals surface area contributed by atoms with Gasteiger partial charge in [-0.1, -0.05) is 12.1 Å². The molecule has 10 N–H and O–H groups in total. The molecular weight excluding hydrogens is 504 g/mol. The zero-order valence-electron chi connectivity index (χ0n) is 20.2. The van der Waals surface area contributed by atoms with Crippen molar-refractivity contribution in [1.82, 2.24) is 25.9 Å². The average Bonchev–Trinajstić information content (AvgIpc) is 3.38. The molecule has 15 heteroatoms. The number of phenolic OH excluding ortho intramolecular Hbond substituents is 1. The van der Waals surface area contributed by atoms with E-state index in [-0.39, 0.29) is 18.6 Å². The van der Waals surface area contributed by atoms with Gasteiger partial charge in [-0.05, 0) is 30.5 Å². The molecule has 1 aromatic carbocycles. The molecule has 0 saturated carbocycles. The van der Waals surface area contributed by atoms with Crippen LogP contribution in [0.3, 0.4) is 0 Å². The largest absolute Gasteiger partial charge is 0.508 e. The fourth-order valence-electron chi connectivity index (χ4n) is 3.35. The standard InChI is InChI=1S/C23H30N6O9/c24-15(7-12-1-3-14(31)4-2-12)20(34)28-17(8-13-9-25-11-26-13)22(36)27-16(5-6-19(32)33)21(35)29-18(10-30)23(37)38/h1-4,9,11,15-18,30-31H,5-8,10,24H2,(H,25,26)(H,27,36)(H,28,34)(H,29,35)(H,32,33)(H,37,38). The third kappa shape index (κ3) is 9.51. The van der Waals surface area contributed by atoms with Gasteiger partial charge in [0.25, 0.3) is 0 Å². The van der Waals surface area contributed by atoms with Gasteiger partial charge >= 0.3 is 11.9 Å². The van der Waals surface area contributed by atoms with E-state index in [1.54, 1.807) is 12.1 Å². The summed E-state index contributed by atoms with van der Waals surface area (Å²) in [6.07, 6.45) is 1.83. The highest BCUT2D eigenvalue weighted by molar-refractivity contribution is 5.94. The number of aliphatic carboxylic acids is 2. The second-order valence-corrected chi connectivity index (χ2v) is 8.39. The number of hydrogen-bond donors (Lipinski definition) is 9. The lowest BCUT2D eigenvalue weighted by atomic mass is 10.0. The number of carbonyl (C=O) groups is 5. The number of hydrogen-bond acceptors (Lipinski definition) is 9. The molecule has 4 atom stereocenters. The molecule has 3 amide bonds. The van der Waals surface area contributed by atoms with Gasteiger partial charge in [-0.25, -0.2) is 9.78 Å². The summed E-state index contributed by atoms with van der Waals surface area (Å²) in [5, 5.41) is 43.6. The Bertz CT molecular complexity index is 1110. The molecule has 206 valence electrons. The summed E-state index contributed by atoms with van der Waals surface area (Å²) in [5.74, 6) is -5.36. The van der Waals surface area contributed by atoms with E-state index in [1.165, 1.54) is 24.7 Å². The van der Waals surface area contributed by atoms with Crippen LogP contribution in [0.25, 0.3) is 0 Å². The zero-order chi connectivity index (χ0) is 28.2. The number of amides is 3. The van der Waals surface area contributed by atoms with Gasteiger partial charge in [-0.2, -0.15) is 0 Å². The number of rotatable bonds is 15. The van der Waals surface area contributed by atoms with E-state index in [0.717, 1.165) is 0 Å². The smallest absolute Gasteiger partial charge is 0.328 e. The molecule has 0 aliphatic carbocycles. The summed E-state index contributed by atoms with van der Waals surface area (Å²) in [6.45, 7) is -0.932. The van der Waals surface area contributed by atoms with Gasteiger partial charge in [-0.3, -0.25) is 19.2 Å². The summed E-state index contributed by atoms with van der Waals surface area (Å²) in [4.78, 5) is 67.4. The molecule has 38 heavy (non-hydrogen) atoms. The Labute approximate surface area is 216 Å². The fraction of sp³-hybridized carbons (Fsp3) is 0.391. The van der Waals surface area contributed by atoms with Crippen molar-refractivity contribution in [2.45, 2.75) is 49.9 Å². The summed E-state index contributed by atoms with van der Waals surface area (Å²) in [7, 11) is 0. The number of H-pyrrole nitrogens is 1. The monoisotopic (exact) mass is 534 g/mol. The number of nitrogens with zero attached hydrogens (tertiary/aromatic N) is 1. The van der Waals surface area contributed by atoms with Crippen LogP contribution < -0.4 is 21.7 Å². The minimum Gasteiger partial charge on any atom is -0.508 e. The molecule has 2 aromatic rings. The molecule has 0 radical (unpaired) electrons. The first-order valence-corrected chi connectivity index (χ1v) is 11.5. The molecule has 0 aliphatic heterocycles. The van der Waals surface area contributed by atoms with Crippen molar-refractivity contribution in [3.63, 3.8) is 0 Å². The first-order valence-electron chi connectivity index (χ1n) is 11.5. The summed E-state index contributed by atoms with van der Waals surface area (Å²) < 4.78 is 0. The first-order chi connectivity index (χ1) is 18.0. The Morgan fingerprint density at radius 3 is 2.05 bits per heavy atom. The number of nitrogens with two attached hydrogens (primary N) is 1. The number of imidazole rings is 1. The molecule has 0 saturated heterocycles. The molecule has 4 unspecified atom stereocenters. The maximum atomic E-state index is 13.2. The van der Waals surface area contributed by atoms with Crippen LogP contribution >= 0.6 is 0 Å². The highest BCUT2D eigenvalue weighted by Gasteiger charge is 2.31. The fourth-order valence-corrected chi connectivity index (χ4v) is 3.35. The van der Waals surface area contributed by atoms with Gasteiger partial charge in [-0.15, -0.1) is 0 Å². The molecule has 0 spiro atoms. The van der Waals surface area contributed by atoms with Crippen LogP contribution in [0.4, 0.5) is 0 Å². The second-order valence-electron chi connectivity index (χ2n) is 8.39. The van der Waals surface area contributed by atoms with Crippen molar-refractivity contribution in [3.05, 3.63) is 48.0 Å². The van der Waals surface area contributed by atoms with Gasteiger partial charge in [0.15, 0.2) is 0 Å². The lowest BCUT2D eigenvalue weighted by Gasteiger charge is -2.24. The van der Waals surface area contributed by atoms with Gasteiger partial charge in [0.2, 0.25) is 17.7 Å². The van der Waals surface area contributed by atoms with E-state index in [1.807, 2.05) is 5.32 Å². The molecule has 2 rings (SSSR count). The number of aromatic amines is 1. The van der Waals surface area contributed by atoms with Gasteiger partial charge in [0.05, 0.1) is 19.0 Å². The molecule has 1 aromatic heterocycles. The minimum atomic E-state index is -1.68. The van der Waals surface area contributed by atoms with Crippen LogP contribution in [0.15, 0.2) is 36.8 Å². The van der Waals surface area contributed by atoms with Crippen molar-refractivity contribution in [1.29, 1.82) is 0 Å². The van der Waals surface area contributed by atoms with E-state index >= 15 is 0 Å². The average molecular weight is 535 g/mol. The lowest BCUT2D eigenvalue weighted by molar-refractivity contribution is -0.144. The van der Waals surface area contributed by atoms with Crippen LogP contribution in [-0.2, 0) is 36.8 Å². The van der Waals surface area contributed by atoms with Gasteiger partial charge < -0.3 is 47.1 Å². The van der Waals surface area contributed by atoms with Crippen LogP contribution in [0.2, 0.25) is 0 Å². The van der Waals surface area contributed by atoms with Crippen LogP contribution in [-0.4, -0.2) is 90.8 Å². The number of carboxylic acids is 2. The van der Waals surface area contributed by atoms with Crippen molar-refractivity contribution in [2.75, 3.05) is 6.61 Å². The summed E-state index contributed by atoms with van der Waals surface area (Å²) >= 11 is 0. The van der Waals surface area contributed by atoms with E-state index < -0.39 is 73.3 Å². The predicted octanol–water partition coefficient (Wildman–Crippen LogP) is -2.38. The number of aromatic nitrogens is 2. The van der Waals surface area contributed by atoms with E-state index in [0.29, 0.717) is 11.3 Å². The predicted molar refractivity (Wildman–Crippen MR) is 129 cm³/mol.